The number of anilines is 1. The molecule has 0 saturated carbocycles. The van der Waals surface area contributed by atoms with Gasteiger partial charge in [0.1, 0.15) is 17.0 Å². The number of pyridine rings is 1. The lowest BCUT2D eigenvalue weighted by Crippen LogP contribution is -1.99. The SMILES string of the molecule is Nc1ncc(F)c(-c2cc(F)c3ncccc3c2)n1. The van der Waals surface area contributed by atoms with Gasteiger partial charge in [-0.3, -0.25) is 4.98 Å². The summed E-state index contributed by atoms with van der Waals surface area (Å²) in [5.74, 6) is -1.26. The average molecular weight is 258 g/mol. The zero-order chi connectivity index (χ0) is 13.4. The molecule has 2 aromatic heterocycles. The van der Waals surface area contributed by atoms with Crippen molar-refractivity contribution in [2.75, 3.05) is 5.73 Å². The molecular formula is C13H8F2N4. The van der Waals surface area contributed by atoms with E-state index in [0.29, 0.717) is 10.9 Å². The largest absolute Gasteiger partial charge is 0.368 e. The van der Waals surface area contributed by atoms with E-state index in [1.165, 1.54) is 12.3 Å². The number of halogens is 2. The average Bonchev–Trinajstić information content (AvgIpc) is 2.41. The maximum atomic E-state index is 13.9. The summed E-state index contributed by atoms with van der Waals surface area (Å²) in [5.41, 5.74) is 5.92. The Morgan fingerprint density at radius 3 is 2.74 bits per heavy atom. The minimum Gasteiger partial charge on any atom is -0.368 e. The number of aromatic nitrogens is 3. The van der Waals surface area contributed by atoms with Crippen LogP contribution in [0.5, 0.6) is 0 Å². The Labute approximate surface area is 107 Å². The molecule has 0 saturated heterocycles. The molecule has 0 spiro atoms. The van der Waals surface area contributed by atoms with E-state index in [-0.39, 0.29) is 17.2 Å². The molecule has 3 rings (SSSR count). The van der Waals surface area contributed by atoms with Crippen LogP contribution in [0.2, 0.25) is 0 Å². The summed E-state index contributed by atoms with van der Waals surface area (Å²) in [6.07, 6.45) is 2.46. The summed E-state index contributed by atoms with van der Waals surface area (Å²) in [6, 6.07) is 6.16. The molecule has 0 bridgehead atoms. The highest BCUT2D eigenvalue weighted by Crippen LogP contribution is 2.26. The second-order valence-corrected chi connectivity index (χ2v) is 3.96. The fourth-order valence-corrected chi connectivity index (χ4v) is 1.87. The van der Waals surface area contributed by atoms with Crippen molar-refractivity contribution in [3.8, 4) is 11.3 Å². The summed E-state index contributed by atoms with van der Waals surface area (Å²) in [6.45, 7) is 0. The summed E-state index contributed by atoms with van der Waals surface area (Å²) in [4.78, 5) is 11.3. The molecule has 0 aliphatic heterocycles. The lowest BCUT2D eigenvalue weighted by Gasteiger charge is -2.05. The molecule has 3 aromatic rings. The van der Waals surface area contributed by atoms with E-state index in [0.717, 1.165) is 6.20 Å². The monoisotopic (exact) mass is 258 g/mol. The minimum atomic E-state index is -0.656. The van der Waals surface area contributed by atoms with Gasteiger partial charge in [-0.25, -0.2) is 18.7 Å². The van der Waals surface area contributed by atoms with Gasteiger partial charge in [-0.2, -0.15) is 0 Å². The molecule has 2 heterocycles. The van der Waals surface area contributed by atoms with Gasteiger partial charge in [0, 0.05) is 17.1 Å². The van der Waals surface area contributed by atoms with Gasteiger partial charge in [0.15, 0.2) is 5.82 Å². The van der Waals surface area contributed by atoms with Crippen LogP contribution in [0.15, 0.2) is 36.7 Å². The third-order valence-corrected chi connectivity index (χ3v) is 2.69. The number of nitrogens with zero attached hydrogens (tertiary/aromatic N) is 3. The third-order valence-electron chi connectivity index (χ3n) is 2.69. The van der Waals surface area contributed by atoms with Crippen molar-refractivity contribution in [1.29, 1.82) is 0 Å². The predicted molar refractivity (Wildman–Crippen MR) is 67.1 cm³/mol. The van der Waals surface area contributed by atoms with Crippen LogP contribution in [0.1, 0.15) is 0 Å². The predicted octanol–water partition coefficient (Wildman–Crippen LogP) is 2.55. The normalized spacial score (nSPS) is 10.8. The number of hydrogen-bond donors (Lipinski definition) is 1. The molecule has 0 fully saturated rings. The molecular weight excluding hydrogens is 250 g/mol. The Bertz CT molecular complexity index is 774. The highest BCUT2D eigenvalue weighted by Gasteiger charge is 2.12. The van der Waals surface area contributed by atoms with Crippen molar-refractivity contribution in [1.82, 2.24) is 15.0 Å². The Hall–Kier alpha value is -2.63. The third kappa shape index (κ3) is 1.97. The van der Waals surface area contributed by atoms with Crippen LogP contribution < -0.4 is 5.73 Å². The lowest BCUT2D eigenvalue weighted by molar-refractivity contribution is 0.617. The van der Waals surface area contributed by atoms with Crippen molar-refractivity contribution in [2.45, 2.75) is 0 Å². The Morgan fingerprint density at radius 2 is 1.89 bits per heavy atom. The molecule has 0 aliphatic carbocycles. The molecule has 0 aliphatic rings. The first-order valence-corrected chi connectivity index (χ1v) is 5.48. The highest BCUT2D eigenvalue weighted by atomic mass is 19.1. The van der Waals surface area contributed by atoms with Gasteiger partial charge in [0.05, 0.1) is 6.20 Å². The Balaban J connectivity index is 2.28. The van der Waals surface area contributed by atoms with Crippen molar-refractivity contribution in [3.05, 3.63) is 48.3 Å². The van der Waals surface area contributed by atoms with Crippen molar-refractivity contribution < 1.29 is 8.78 Å². The Kier molecular flexibility index (Phi) is 2.56. The molecule has 2 N–H and O–H groups in total. The van der Waals surface area contributed by atoms with Gasteiger partial charge in [-0.15, -0.1) is 0 Å². The first-order valence-electron chi connectivity index (χ1n) is 5.48. The van der Waals surface area contributed by atoms with Crippen molar-refractivity contribution in [3.63, 3.8) is 0 Å². The number of nitrogen functional groups attached to an aromatic ring is 1. The number of rotatable bonds is 1. The molecule has 0 unspecified atom stereocenters. The van der Waals surface area contributed by atoms with Gasteiger partial charge in [-0.1, -0.05) is 6.07 Å². The van der Waals surface area contributed by atoms with Gasteiger partial charge < -0.3 is 5.73 Å². The molecule has 0 radical (unpaired) electrons. The molecule has 94 valence electrons. The summed E-state index contributed by atoms with van der Waals surface area (Å²) in [7, 11) is 0. The molecule has 0 atom stereocenters. The minimum absolute atomic E-state index is 0.0304. The number of benzene rings is 1. The van der Waals surface area contributed by atoms with Crippen LogP contribution in [-0.4, -0.2) is 15.0 Å². The van der Waals surface area contributed by atoms with E-state index in [4.69, 9.17) is 5.73 Å². The first kappa shape index (κ1) is 11.5. The Morgan fingerprint density at radius 1 is 1.05 bits per heavy atom. The topological polar surface area (TPSA) is 64.7 Å². The summed E-state index contributed by atoms with van der Waals surface area (Å²) >= 11 is 0. The van der Waals surface area contributed by atoms with Gasteiger partial charge >= 0.3 is 0 Å². The number of nitrogens with two attached hydrogens (primary N) is 1. The summed E-state index contributed by atoms with van der Waals surface area (Å²) in [5, 5.41) is 0.564. The van der Waals surface area contributed by atoms with E-state index in [2.05, 4.69) is 15.0 Å². The van der Waals surface area contributed by atoms with E-state index in [1.807, 2.05) is 0 Å². The smallest absolute Gasteiger partial charge is 0.220 e. The van der Waals surface area contributed by atoms with Crippen LogP contribution in [0.25, 0.3) is 22.2 Å². The van der Waals surface area contributed by atoms with Crippen LogP contribution >= 0.6 is 0 Å². The number of fused-ring (bicyclic) bond motifs is 1. The van der Waals surface area contributed by atoms with Gasteiger partial charge in [0.25, 0.3) is 0 Å². The fourth-order valence-electron chi connectivity index (χ4n) is 1.87. The zero-order valence-corrected chi connectivity index (χ0v) is 9.64. The molecule has 4 nitrogen and oxygen atoms in total. The fraction of sp³-hybridized carbons (Fsp3) is 0. The standard InChI is InChI=1S/C13H8F2N4/c14-9-5-8(4-7-2-1-3-17-11(7)9)12-10(15)6-18-13(16)19-12/h1-6H,(H2,16,18,19). The lowest BCUT2D eigenvalue weighted by atomic mass is 10.1. The highest BCUT2D eigenvalue weighted by molar-refractivity contribution is 5.84. The van der Waals surface area contributed by atoms with Crippen LogP contribution in [0.4, 0.5) is 14.7 Å². The maximum absolute atomic E-state index is 13.9. The maximum Gasteiger partial charge on any atom is 0.220 e. The van der Waals surface area contributed by atoms with E-state index in [1.54, 1.807) is 18.2 Å². The zero-order valence-electron chi connectivity index (χ0n) is 9.64. The van der Waals surface area contributed by atoms with Gasteiger partial charge in [0.2, 0.25) is 5.95 Å². The summed E-state index contributed by atoms with van der Waals surface area (Å²) < 4.78 is 27.6. The second kappa shape index (κ2) is 4.24. The first-order chi connectivity index (χ1) is 9.15. The van der Waals surface area contributed by atoms with Crippen LogP contribution in [0, 0.1) is 11.6 Å². The van der Waals surface area contributed by atoms with Crippen molar-refractivity contribution in [2.24, 2.45) is 0 Å². The van der Waals surface area contributed by atoms with Crippen molar-refractivity contribution >= 4 is 16.9 Å². The molecule has 1 aromatic carbocycles. The van der Waals surface area contributed by atoms with Crippen LogP contribution in [0.3, 0.4) is 0 Å². The number of hydrogen-bond acceptors (Lipinski definition) is 4. The molecule has 6 heteroatoms. The van der Waals surface area contributed by atoms with Crippen LogP contribution in [-0.2, 0) is 0 Å². The second-order valence-electron chi connectivity index (χ2n) is 3.96. The molecule has 19 heavy (non-hydrogen) atoms. The van der Waals surface area contributed by atoms with E-state index in [9.17, 15) is 8.78 Å². The van der Waals surface area contributed by atoms with Gasteiger partial charge in [-0.05, 0) is 18.2 Å². The van der Waals surface area contributed by atoms with E-state index >= 15 is 0 Å². The molecule has 0 amide bonds. The quantitative estimate of drug-likeness (QED) is 0.728. The van der Waals surface area contributed by atoms with E-state index < -0.39 is 11.6 Å².